The third-order valence-corrected chi connectivity index (χ3v) is 5.15. The monoisotopic (exact) mass is 379 g/mol. The summed E-state index contributed by atoms with van der Waals surface area (Å²) in [5.41, 5.74) is 8.84. The maximum atomic E-state index is 10.1. The minimum absolute atomic E-state index is 0.142. The van der Waals surface area contributed by atoms with Crippen molar-refractivity contribution in [2.24, 2.45) is 0 Å². The number of morpholine rings is 1. The number of aromatic hydroxyl groups is 1. The van der Waals surface area contributed by atoms with Crippen molar-refractivity contribution < 1.29 is 9.84 Å². The fourth-order valence-corrected chi connectivity index (χ4v) is 3.82. The van der Waals surface area contributed by atoms with Crippen molar-refractivity contribution in [1.82, 2.24) is 25.3 Å². The lowest BCUT2D eigenvalue weighted by atomic mass is 10.1. The van der Waals surface area contributed by atoms with E-state index in [9.17, 15) is 5.11 Å². The smallest absolute Gasteiger partial charge is 0.172 e. The number of piperazine rings is 1. The van der Waals surface area contributed by atoms with Crippen LogP contribution < -0.4 is 16.0 Å². The second-order valence-corrected chi connectivity index (χ2v) is 7.16. The number of nitrogens with zero attached hydrogens (tertiary/aromatic N) is 5. The highest BCUT2D eigenvalue weighted by molar-refractivity contribution is 5.70. The average molecular weight is 379 g/mol. The number of nitrogen functional groups attached to an aromatic ring is 1. The Morgan fingerprint density at radius 1 is 1.14 bits per heavy atom. The van der Waals surface area contributed by atoms with E-state index < -0.39 is 0 Å². The highest BCUT2D eigenvalue weighted by atomic mass is 16.5. The molecule has 2 saturated heterocycles. The van der Waals surface area contributed by atoms with Gasteiger partial charge in [-0.3, -0.25) is 0 Å². The molecule has 3 aromatic rings. The number of para-hydroxylation sites is 1. The van der Waals surface area contributed by atoms with Crippen molar-refractivity contribution in [3.05, 3.63) is 42.7 Å². The zero-order chi connectivity index (χ0) is 19.1. The molecule has 0 unspecified atom stereocenters. The van der Waals surface area contributed by atoms with E-state index in [4.69, 9.17) is 10.5 Å². The van der Waals surface area contributed by atoms with Crippen LogP contribution in [0.25, 0.3) is 16.9 Å². The first-order valence-corrected chi connectivity index (χ1v) is 9.23. The number of fused-ring (bicyclic) bond motifs is 2. The third kappa shape index (κ3) is 3.04. The summed E-state index contributed by atoms with van der Waals surface area (Å²) in [5, 5.41) is 26.3. The number of rotatable bonds is 3. The van der Waals surface area contributed by atoms with E-state index >= 15 is 0 Å². The highest BCUT2D eigenvalue weighted by Crippen LogP contribution is 2.29. The maximum absolute atomic E-state index is 10.1. The molecule has 2 aliphatic rings. The quantitative estimate of drug-likeness (QED) is 0.612. The first-order chi connectivity index (χ1) is 13.7. The van der Waals surface area contributed by atoms with Gasteiger partial charge in [-0.1, -0.05) is 12.1 Å². The standard InChI is InChI=1S/C19H21N7O2/c20-19-17(5-16(23-24-19)15-3-1-2-4-18(15)27)26-9-14(6-21-26)25-7-12-10-28-11-13(8-25)22-12/h1-6,9,12-13,22,27H,7-8,10-11H2,(H2,20,24)/t12-,13-/m1/s1. The second kappa shape index (κ2) is 6.77. The summed E-state index contributed by atoms with van der Waals surface area (Å²) in [6, 6.07) is 9.45. The molecule has 28 heavy (non-hydrogen) atoms. The molecule has 5 rings (SSSR count). The van der Waals surface area contributed by atoms with Gasteiger partial charge in [0.05, 0.1) is 37.0 Å². The summed E-state index contributed by atoms with van der Waals surface area (Å²) in [5.74, 6) is 0.419. The molecular weight excluding hydrogens is 358 g/mol. The first-order valence-electron chi connectivity index (χ1n) is 9.23. The molecule has 2 aromatic heterocycles. The Morgan fingerprint density at radius 3 is 2.71 bits per heavy atom. The van der Waals surface area contributed by atoms with Crippen molar-refractivity contribution in [3.63, 3.8) is 0 Å². The number of nitrogens with two attached hydrogens (primary N) is 1. The van der Waals surface area contributed by atoms with Crippen LogP contribution in [-0.2, 0) is 4.74 Å². The van der Waals surface area contributed by atoms with Gasteiger partial charge in [0.2, 0.25) is 0 Å². The van der Waals surface area contributed by atoms with E-state index in [0.717, 1.165) is 32.0 Å². The molecule has 4 heterocycles. The Bertz CT molecular complexity index is 993. The second-order valence-electron chi connectivity index (χ2n) is 7.16. The molecule has 2 bridgehead atoms. The van der Waals surface area contributed by atoms with Gasteiger partial charge in [-0.15, -0.1) is 10.2 Å². The Balaban J connectivity index is 1.46. The number of ether oxygens (including phenoxy) is 1. The molecule has 0 saturated carbocycles. The van der Waals surface area contributed by atoms with Crippen molar-refractivity contribution >= 4 is 11.5 Å². The summed E-state index contributed by atoms with van der Waals surface area (Å²) < 4.78 is 7.32. The van der Waals surface area contributed by atoms with Gasteiger partial charge in [0.15, 0.2) is 5.82 Å². The Kier molecular flexibility index (Phi) is 4.10. The first kappa shape index (κ1) is 17.0. The van der Waals surface area contributed by atoms with Gasteiger partial charge in [-0.25, -0.2) is 4.68 Å². The zero-order valence-electron chi connectivity index (χ0n) is 15.2. The van der Waals surface area contributed by atoms with Crippen LogP contribution in [0, 0.1) is 0 Å². The van der Waals surface area contributed by atoms with Gasteiger partial charge in [-0.2, -0.15) is 5.10 Å². The van der Waals surface area contributed by atoms with E-state index in [0.29, 0.717) is 29.0 Å². The largest absolute Gasteiger partial charge is 0.507 e. The van der Waals surface area contributed by atoms with Crippen LogP contribution in [0.4, 0.5) is 11.5 Å². The summed E-state index contributed by atoms with van der Waals surface area (Å²) in [4.78, 5) is 2.31. The fourth-order valence-electron chi connectivity index (χ4n) is 3.82. The number of phenols is 1. The molecule has 4 N–H and O–H groups in total. The Morgan fingerprint density at radius 2 is 1.93 bits per heavy atom. The van der Waals surface area contributed by atoms with Crippen LogP contribution in [0.5, 0.6) is 5.75 Å². The van der Waals surface area contributed by atoms with Crippen LogP contribution in [0.15, 0.2) is 42.7 Å². The Hall–Kier alpha value is -3.17. The van der Waals surface area contributed by atoms with Gasteiger partial charge in [0, 0.05) is 30.7 Å². The van der Waals surface area contributed by atoms with Crippen LogP contribution >= 0.6 is 0 Å². The van der Waals surface area contributed by atoms with E-state index in [1.807, 2.05) is 18.5 Å². The van der Waals surface area contributed by atoms with E-state index in [1.165, 1.54) is 0 Å². The van der Waals surface area contributed by atoms with Crippen molar-refractivity contribution in [3.8, 4) is 22.7 Å². The van der Waals surface area contributed by atoms with E-state index in [-0.39, 0.29) is 11.6 Å². The predicted octanol–water partition coefficient (Wildman–Crippen LogP) is 0.794. The predicted molar refractivity (Wildman–Crippen MR) is 104 cm³/mol. The SMILES string of the molecule is Nc1nnc(-c2ccccc2O)cc1-n1cc(N2C[C@@H]3COC[C@@H](C2)N3)cn1. The van der Waals surface area contributed by atoms with Gasteiger partial charge in [0.1, 0.15) is 11.4 Å². The average Bonchev–Trinajstić information content (AvgIpc) is 3.19. The molecule has 0 radical (unpaired) electrons. The number of anilines is 2. The highest BCUT2D eigenvalue weighted by Gasteiger charge is 2.31. The molecular formula is C19H21N7O2. The van der Waals surface area contributed by atoms with E-state index in [2.05, 4.69) is 25.5 Å². The van der Waals surface area contributed by atoms with Gasteiger partial charge in [0.25, 0.3) is 0 Å². The number of aromatic nitrogens is 4. The summed E-state index contributed by atoms with van der Waals surface area (Å²) in [6.07, 6.45) is 3.78. The number of nitrogens with one attached hydrogen (secondary N) is 1. The molecule has 2 fully saturated rings. The summed E-state index contributed by atoms with van der Waals surface area (Å²) in [7, 11) is 0. The Labute approximate surface area is 161 Å². The summed E-state index contributed by atoms with van der Waals surface area (Å²) in [6.45, 7) is 3.20. The molecule has 9 nitrogen and oxygen atoms in total. The topological polar surface area (TPSA) is 114 Å². The zero-order valence-corrected chi connectivity index (χ0v) is 15.2. The number of benzene rings is 1. The molecule has 2 aliphatic heterocycles. The number of phenolic OH excluding ortho intramolecular Hbond substituents is 1. The van der Waals surface area contributed by atoms with Crippen LogP contribution in [0.2, 0.25) is 0 Å². The molecule has 2 atom stereocenters. The molecule has 144 valence electrons. The lowest BCUT2D eigenvalue weighted by Crippen LogP contribution is -2.62. The molecule has 0 amide bonds. The third-order valence-electron chi connectivity index (χ3n) is 5.15. The molecule has 1 aromatic carbocycles. The fraction of sp³-hybridized carbons (Fsp3) is 0.316. The van der Waals surface area contributed by atoms with Crippen LogP contribution in [0.3, 0.4) is 0 Å². The van der Waals surface area contributed by atoms with Crippen molar-refractivity contribution in [2.45, 2.75) is 12.1 Å². The minimum Gasteiger partial charge on any atom is -0.507 e. The van der Waals surface area contributed by atoms with Gasteiger partial charge in [-0.05, 0) is 18.2 Å². The number of hydrogen-bond donors (Lipinski definition) is 3. The molecule has 0 aliphatic carbocycles. The minimum atomic E-state index is 0.142. The van der Waals surface area contributed by atoms with Crippen LogP contribution in [-0.4, -0.2) is 63.5 Å². The maximum Gasteiger partial charge on any atom is 0.172 e. The number of hydrogen-bond acceptors (Lipinski definition) is 8. The van der Waals surface area contributed by atoms with Gasteiger partial charge < -0.3 is 25.8 Å². The summed E-state index contributed by atoms with van der Waals surface area (Å²) >= 11 is 0. The van der Waals surface area contributed by atoms with Crippen LogP contribution in [0.1, 0.15) is 0 Å². The lowest BCUT2D eigenvalue weighted by molar-refractivity contribution is 0.0376. The van der Waals surface area contributed by atoms with E-state index in [1.54, 1.807) is 28.9 Å². The van der Waals surface area contributed by atoms with Crippen molar-refractivity contribution in [1.29, 1.82) is 0 Å². The van der Waals surface area contributed by atoms with Crippen molar-refractivity contribution in [2.75, 3.05) is 36.9 Å². The molecule has 9 heteroatoms. The molecule has 0 spiro atoms. The lowest BCUT2D eigenvalue weighted by Gasteiger charge is -2.42. The van der Waals surface area contributed by atoms with Gasteiger partial charge >= 0.3 is 0 Å². The normalized spacial score (nSPS) is 21.6.